The minimum atomic E-state index is -0.244. The molecule has 0 unspecified atom stereocenters. The van der Waals surface area contributed by atoms with Crippen molar-refractivity contribution in [3.8, 4) is 5.75 Å². The number of hydrogen-bond donors (Lipinski definition) is 0. The van der Waals surface area contributed by atoms with Gasteiger partial charge in [0.05, 0.1) is 6.54 Å². The Kier molecular flexibility index (Phi) is 3.40. The van der Waals surface area contributed by atoms with Crippen LogP contribution in [0.3, 0.4) is 0 Å². The number of carbonyl (C=O) groups excluding carboxylic acids is 1. The van der Waals surface area contributed by atoms with Gasteiger partial charge >= 0.3 is 5.97 Å². The van der Waals surface area contributed by atoms with Gasteiger partial charge in [-0.1, -0.05) is 36.4 Å². The van der Waals surface area contributed by atoms with Crippen molar-refractivity contribution in [3.63, 3.8) is 0 Å². The number of rotatable bonds is 3. The van der Waals surface area contributed by atoms with Gasteiger partial charge in [0.2, 0.25) is 0 Å². The van der Waals surface area contributed by atoms with Crippen molar-refractivity contribution in [3.05, 3.63) is 42.5 Å². The summed E-state index contributed by atoms with van der Waals surface area (Å²) in [6.45, 7) is 0.281. The molecule has 0 amide bonds. The largest absolute Gasteiger partial charge is 0.425 e. The van der Waals surface area contributed by atoms with E-state index in [1.54, 1.807) is 4.90 Å². The molecule has 88 valence electrons. The molecule has 0 saturated carbocycles. The van der Waals surface area contributed by atoms with Crippen LogP contribution >= 0.6 is 0 Å². The normalized spacial score (nSPS) is 10.8. The van der Waals surface area contributed by atoms with E-state index in [4.69, 9.17) is 4.74 Å². The molecule has 0 saturated heterocycles. The molecular formula is C14H15NO2. The highest BCUT2D eigenvalue weighted by Gasteiger charge is 2.08. The lowest BCUT2D eigenvalue weighted by Crippen LogP contribution is -2.25. The highest BCUT2D eigenvalue weighted by Crippen LogP contribution is 2.25. The van der Waals surface area contributed by atoms with Crippen LogP contribution in [0.4, 0.5) is 0 Å². The van der Waals surface area contributed by atoms with Crippen molar-refractivity contribution in [1.29, 1.82) is 0 Å². The van der Waals surface area contributed by atoms with Gasteiger partial charge in [0.15, 0.2) is 0 Å². The number of esters is 1. The van der Waals surface area contributed by atoms with Crippen LogP contribution in [0.2, 0.25) is 0 Å². The summed E-state index contributed by atoms with van der Waals surface area (Å²) in [7, 11) is 3.68. The molecule has 0 heterocycles. The van der Waals surface area contributed by atoms with E-state index in [1.165, 1.54) is 0 Å². The molecule has 0 aromatic heterocycles. The maximum atomic E-state index is 11.6. The topological polar surface area (TPSA) is 29.5 Å². The number of hydrogen-bond acceptors (Lipinski definition) is 3. The SMILES string of the molecule is CN(C)CC(=O)Oc1cccc2ccccc12. The molecule has 17 heavy (non-hydrogen) atoms. The van der Waals surface area contributed by atoms with Crippen molar-refractivity contribution in [1.82, 2.24) is 4.90 Å². The van der Waals surface area contributed by atoms with Crippen LogP contribution in [0.15, 0.2) is 42.5 Å². The second-order valence-corrected chi connectivity index (χ2v) is 4.19. The molecule has 0 atom stereocenters. The predicted molar refractivity (Wildman–Crippen MR) is 68.1 cm³/mol. The molecular weight excluding hydrogens is 214 g/mol. The molecule has 2 rings (SSSR count). The fraction of sp³-hybridized carbons (Fsp3) is 0.214. The smallest absolute Gasteiger partial charge is 0.325 e. The average molecular weight is 229 g/mol. The zero-order chi connectivity index (χ0) is 12.3. The van der Waals surface area contributed by atoms with E-state index >= 15 is 0 Å². The van der Waals surface area contributed by atoms with E-state index in [-0.39, 0.29) is 12.5 Å². The number of carbonyl (C=O) groups is 1. The van der Waals surface area contributed by atoms with Crippen molar-refractivity contribution in [2.45, 2.75) is 0 Å². The molecule has 0 bridgehead atoms. The second kappa shape index (κ2) is 4.97. The summed E-state index contributed by atoms with van der Waals surface area (Å²) in [6.07, 6.45) is 0. The fourth-order valence-electron chi connectivity index (χ4n) is 1.70. The van der Waals surface area contributed by atoms with Crippen molar-refractivity contribution in [2.24, 2.45) is 0 Å². The predicted octanol–water partition coefficient (Wildman–Crippen LogP) is 2.31. The van der Waals surface area contributed by atoms with Gasteiger partial charge in [-0.15, -0.1) is 0 Å². The van der Waals surface area contributed by atoms with Crippen LogP contribution in [0.5, 0.6) is 5.75 Å². The van der Waals surface area contributed by atoms with Gasteiger partial charge in [-0.05, 0) is 25.5 Å². The van der Waals surface area contributed by atoms with Crippen LogP contribution < -0.4 is 4.74 Å². The molecule has 0 aliphatic carbocycles. The first-order valence-electron chi connectivity index (χ1n) is 5.50. The monoisotopic (exact) mass is 229 g/mol. The van der Waals surface area contributed by atoms with Crippen molar-refractivity contribution >= 4 is 16.7 Å². The third-order valence-corrected chi connectivity index (χ3v) is 2.42. The minimum Gasteiger partial charge on any atom is -0.425 e. The minimum absolute atomic E-state index is 0.244. The fourth-order valence-corrected chi connectivity index (χ4v) is 1.70. The molecule has 2 aromatic carbocycles. The molecule has 2 aromatic rings. The molecule has 0 aliphatic rings. The van der Waals surface area contributed by atoms with Gasteiger partial charge in [0.25, 0.3) is 0 Å². The van der Waals surface area contributed by atoms with Gasteiger partial charge in [0.1, 0.15) is 5.75 Å². The Hall–Kier alpha value is -1.87. The summed E-state index contributed by atoms with van der Waals surface area (Å²) in [4.78, 5) is 13.4. The van der Waals surface area contributed by atoms with E-state index in [2.05, 4.69) is 0 Å². The Bertz CT molecular complexity index is 529. The van der Waals surface area contributed by atoms with Crippen LogP contribution in [0.1, 0.15) is 0 Å². The Morgan fingerprint density at radius 3 is 2.59 bits per heavy atom. The van der Waals surface area contributed by atoms with Gasteiger partial charge in [-0.2, -0.15) is 0 Å². The number of fused-ring (bicyclic) bond motifs is 1. The van der Waals surface area contributed by atoms with Crippen LogP contribution in [-0.4, -0.2) is 31.5 Å². The van der Waals surface area contributed by atoms with Crippen LogP contribution in [0, 0.1) is 0 Å². The van der Waals surface area contributed by atoms with E-state index in [0.29, 0.717) is 5.75 Å². The maximum absolute atomic E-state index is 11.6. The molecule has 3 heteroatoms. The van der Waals surface area contributed by atoms with Crippen LogP contribution in [-0.2, 0) is 4.79 Å². The number of ether oxygens (including phenoxy) is 1. The van der Waals surface area contributed by atoms with Crippen LogP contribution in [0.25, 0.3) is 10.8 Å². The summed E-state index contributed by atoms with van der Waals surface area (Å²) in [5, 5.41) is 2.03. The Labute approximate surface area is 101 Å². The zero-order valence-corrected chi connectivity index (χ0v) is 10.0. The molecule has 0 fully saturated rings. The standard InChI is InChI=1S/C14H15NO2/c1-15(2)10-14(16)17-13-9-5-7-11-6-3-4-8-12(11)13/h3-9H,10H2,1-2H3. The highest BCUT2D eigenvalue weighted by molar-refractivity contribution is 5.90. The van der Waals surface area contributed by atoms with E-state index in [1.807, 2.05) is 56.6 Å². The lowest BCUT2D eigenvalue weighted by molar-refractivity contribution is -0.134. The Morgan fingerprint density at radius 2 is 1.82 bits per heavy atom. The van der Waals surface area contributed by atoms with Gasteiger partial charge in [0, 0.05) is 5.39 Å². The molecule has 0 radical (unpaired) electrons. The van der Waals surface area contributed by atoms with Gasteiger partial charge < -0.3 is 4.74 Å². The first-order chi connectivity index (χ1) is 8.16. The third kappa shape index (κ3) is 2.82. The molecule has 3 nitrogen and oxygen atoms in total. The van der Waals surface area contributed by atoms with Crippen molar-refractivity contribution in [2.75, 3.05) is 20.6 Å². The third-order valence-electron chi connectivity index (χ3n) is 2.42. The number of nitrogens with zero attached hydrogens (tertiary/aromatic N) is 1. The maximum Gasteiger partial charge on any atom is 0.325 e. The van der Waals surface area contributed by atoms with Gasteiger partial charge in [-0.25, -0.2) is 0 Å². The van der Waals surface area contributed by atoms with Crippen molar-refractivity contribution < 1.29 is 9.53 Å². The highest BCUT2D eigenvalue weighted by atomic mass is 16.5. The first-order valence-corrected chi connectivity index (χ1v) is 5.50. The summed E-state index contributed by atoms with van der Waals surface area (Å²) < 4.78 is 5.36. The zero-order valence-electron chi connectivity index (χ0n) is 10.0. The molecule has 0 N–H and O–H groups in total. The summed E-state index contributed by atoms with van der Waals surface area (Å²) >= 11 is 0. The van der Waals surface area contributed by atoms with Gasteiger partial charge in [-0.3, -0.25) is 9.69 Å². The number of likely N-dealkylation sites (N-methyl/N-ethyl adjacent to an activating group) is 1. The first kappa shape index (κ1) is 11.6. The average Bonchev–Trinajstić information content (AvgIpc) is 2.28. The molecule has 0 spiro atoms. The molecule has 0 aliphatic heterocycles. The summed E-state index contributed by atoms with van der Waals surface area (Å²) in [6, 6.07) is 13.6. The Balaban J connectivity index is 2.27. The number of benzene rings is 2. The van der Waals surface area contributed by atoms with E-state index < -0.39 is 0 Å². The quantitative estimate of drug-likeness (QED) is 0.597. The van der Waals surface area contributed by atoms with E-state index in [9.17, 15) is 4.79 Å². The lowest BCUT2D eigenvalue weighted by atomic mass is 10.1. The summed E-state index contributed by atoms with van der Waals surface area (Å²) in [5.41, 5.74) is 0. The second-order valence-electron chi connectivity index (χ2n) is 4.19. The lowest BCUT2D eigenvalue weighted by Gasteiger charge is -2.10. The summed E-state index contributed by atoms with van der Waals surface area (Å²) in [5.74, 6) is 0.376. The van der Waals surface area contributed by atoms with E-state index in [0.717, 1.165) is 10.8 Å². The Morgan fingerprint density at radius 1 is 1.12 bits per heavy atom.